The molecule has 0 heterocycles. The van der Waals surface area contributed by atoms with Crippen LogP contribution in [0.4, 0.5) is 37.7 Å². The monoisotopic (exact) mass is 730 g/mol. The summed E-state index contributed by atoms with van der Waals surface area (Å²) < 4.78 is 139. The molecule has 0 amide bonds. The minimum Gasteiger partial charge on any atom is -0.270 e. The summed E-state index contributed by atoms with van der Waals surface area (Å²) in [5, 5.41) is 1.36. The van der Waals surface area contributed by atoms with Gasteiger partial charge >= 0.3 is 33.0 Å². The number of hydrogen-bond acceptors (Lipinski definition) is 4. The van der Waals surface area contributed by atoms with E-state index in [9.17, 15) is 43.2 Å². The Balaban J connectivity index is 1.83. The predicted octanol–water partition coefficient (Wildman–Crippen LogP) is 8.53. The Labute approximate surface area is 282 Å². The molecule has 8 nitrogen and oxygen atoms in total. The summed E-state index contributed by atoms with van der Waals surface area (Å²) in [7, 11) is -10.9. The van der Waals surface area contributed by atoms with Crippen molar-refractivity contribution in [2.24, 2.45) is 0 Å². The zero-order valence-electron chi connectivity index (χ0n) is 25.3. The van der Waals surface area contributed by atoms with Gasteiger partial charge in [-0.15, -0.1) is 9.44 Å². The van der Waals surface area contributed by atoms with E-state index in [1.807, 2.05) is 9.44 Å². The molecule has 0 aliphatic heterocycles. The van der Waals surface area contributed by atoms with Crippen molar-refractivity contribution in [3.05, 3.63) is 121 Å². The molecule has 258 valence electrons. The van der Waals surface area contributed by atoms with Crippen LogP contribution in [0.25, 0.3) is 54.9 Å². The third kappa shape index (κ3) is 7.68. The molecule has 0 fully saturated rings. The maximum atomic E-state index is 13.5. The summed E-state index contributed by atoms with van der Waals surface area (Å²) >= 11 is 0. The van der Waals surface area contributed by atoms with Crippen LogP contribution in [0.1, 0.15) is 0 Å². The summed E-state index contributed by atoms with van der Waals surface area (Å²) in [6.07, 6.45) is -10.8. The molecule has 0 atom stereocenters. The lowest BCUT2D eigenvalue weighted by Gasteiger charge is -2.25. The van der Waals surface area contributed by atoms with E-state index < -0.39 is 44.4 Å². The van der Waals surface area contributed by atoms with Crippen LogP contribution in [0, 0.1) is 0 Å². The van der Waals surface area contributed by atoms with E-state index in [2.05, 4.69) is 0 Å². The van der Waals surface area contributed by atoms with Crippen LogP contribution >= 0.6 is 0 Å². The van der Waals surface area contributed by atoms with Gasteiger partial charge in [-0.2, -0.15) is 43.2 Å². The first-order valence-electron chi connectivity index (χ1n) is 14.5. The zero-order valence-corrected chi connectivity index (χ0v) is 26.9. The molecule has 6 rings (SSSR count). The van der Waals surface area contributed by atoms with Gasteiger partial charge in [-0.3, -0.25) is 9.44 Å². The molecule has 4 N–H and O–H groups in total. The van der Waals surface area contributed by atoms with Gasteiger partial charge in [-0.05, 0) is 44.8 Å². The van der Waals surface area contributed by atoms with E-state index in [1.165, 1.54) is 24.3 Å². The van der Waals surface area contributed by atoms with E-state index >= 15 is 0 Å². The number of anilines is 2. The molecule has 0 bridgehead atoms. The highest BCUT2D eigenvalue weighted by atomic mass is 32.2. The van der Waals surface area contributed by atoms with Gasteiger partial charge in [0.2, 0.25) is 0 Å². The highest BCUT2D eigenvalue weighted by molar-refractivity contribution is 7.91. The second-order valence-corrected chi connectivity index (χ2v) is 13.8. The van der Waals surface area contributed by atoms with E-state index in [-0.39, 0.29) is 33.0 Å². The van der Waals surface area contributed by atoms with Gasteiger partial charge in [0.15, 0.2) is 0 Å². The van der Waals surface area contributed by atoms with Crippen LogP contribution in [-0.4, -0.2) is 29.4 Å². The van der Waals surface area contributed by atoms with E-state index in [1.54, 1.807) is 97.1 Å². The van der Waals surface area contributed by atoms with Crippen LogP contribution in [0.3, 0.4) is 0 Å². The number of nitrogens with one attached hydrogen (secondary N) is 4. The maximum absolute atomic E-state index is 13.5. The number of hydrogen-bond donors (Lipinski definition) is 4. The number of alkyl halides is 6. The number of fused-ring (bicyclic) bond motifs is 2. The van der Waals surface area contributed by atoms with Crippen molar-refractivity contribution in [1.82, 2.24) is 9.44 Å². The summed E-state index contributed by atoms with van der Waals surface area (Å²) in [6.45, 7) is 0. The SMILES string of the molecule is O=S(=O)(Nc1c(-c2ccccc2)cc2ccccc2c1-c1c(NS(=O)(=O)NC(F)(F)F)c(-c2ccccc2)cc2ccccc12)NC(F)(F)F. The predicted molar refractivity (Wildman–Crippen MR) is 181 cm³/mol. The molecule has 0 aliphatic carbocycles. The summed E-state index contributed by atoms with van der Waals surface area (Å²) in [5.74, 6) is 0. The van der Waals surface area contributed by atoms with E-state index in [4.69, 9.17) is 0 Å². The average molecular weight is 731 g/mol. The summed E-state index contributed by atoms with van der Waals surface area (Å²) in [5.41, 5.74) is -0.174. The summed E-state index contributed by atoms with van der Waals surface area (Å²) in [4.78, 5) is 0. The van der Waals surface area contributed by atoms with Gasteiger partial charge in [-0.1, -0.05) is 109 Å². The van der Waals surface area contributed by atoms with Gasteiger partial charge in [0.05, 0.1) is 11.4 Å². The normalized spacial score (nSPS) is 12.7. The Morgan fingerprint density at radius 1 is 0.440 bits per heavy atom. The minimum atomic E-state index is -5.43. The van der Waals surface area contributed by atoms with E-state index in [0.29, 0.717) is 31.3 Å². The Morgan fingerprint density at radius 2 is 0.760 bits per heavy atom. The van der Waals surface area contributed by atoms with Gasteiger partial charge < -0.3 is 0 Å². The van der Waals surface area contributed by atoms with Crippen molar-refractivity contribution in [2.75, 3.05) is 9.44 Å². The first-order valence-corrected chi connectivity index (χ1v) is 17.5. The fourth-order valence-electron chi connectivity index (χ4n) is 5.74. The molecule has 0 radical (unpaired) electrons. The van der Waals surface area contributed by atoms with Crippen LogP contribution in [0.5, 0.6) is 0 Å². The second-order valence-electron chi connectivity index (χ2n) is 10.9. The topological polar surface area (TPSA) is 116 Å². The van der Waals surface area contributed by atoms with Crippen LogP contribution in [0.2, 0.25) is 0 Å². The molecule has 0 aliphatic rings. The van der Waals surface area contributed by atoms with Crippen LogP contribution < -0.4 is 18.9 Å². The molecule has 0 aromatic heterocycles. The molecule has 0 saturated heterocycles. The number of rotatable bonds is 9. The van der Waals surface area contributed by atoms with Crippen molar-refractivity contribution in [1.29, 1.82) is 0 Å². The largest absolute Gasteiger partial charge is 0.472 e. The van der Waals surface area contributed by atoms with Crippen molar-refractivity contribution < 1.29 is 43.2 Å². The fourth-order valence-corrected chi connectivity index (χ4v) is 7.41. The van der Waals surface area contributed by atoms with Gasteiger partial charge in [0.25, 0.3) is 0 Å². The van der Waals surface area contributed by atoms with Gasteiger partial charge in [0.1, 0.15) is 0 Å². The summed E-state index contributed by atoms with van der Waals surface area (Å²) in [6, 6.07) is 32.0. The highest BCUT2D eigenvalue weighted by Crippen LogP contribution is 2.51. The lowest BCUT2D eigenvalue weighted by atomic mass is 9.85. The minimum absolute atomic E-state index is 0.0864. The third-order valence-corrected chi connectivity index (χ3v) is 9.44. The molecule has 0 spiro atoms. The average Bonchev–Trinajstić information content (AvgIpc) is 3.03. The Morgan fingerprint density at radius 3 is 1.10 bits per heavy atom. The third-order valence-electron chi connectivity index (χ3n) is 7.49. The van der Waals surface area contributed by atoms with Crippen LogP contribution in [-0.2, 0) is 20.4 Å². The number of benzene rings is 6. The molecular weight excluding hydrogens is 707 g/mol. The smallest absolute Gasteiger partial charge is 0.270 e. The Kier molecular flexibility index (Phi) is 8.98. The first kappa shape index (κ1) is 34.7. The molecule has 0 saturated carbocycles. The molecular formula is C34H24F6N4O4S2. The lowest BCUT2D eigenvalue weighted by Crippen LogP contribution is -2.41. The zero-order chi connectivity index (χ0) is 35.9. The van der Waals surface area contributed by atoms with Crippen molar-refractivity contribution >= 4 is 53.3 Å². The number of halogens is 6. The maximum Gasteiger partial charge on any atom is 0.472 e. The highest BCUT2D eigenvalue weighted by Gasteiger charge is 2.37. The molecule has 50 heavy (non-hydrogen) atoms. The fraction of sp³-hybridized carbons (Fsp3) is 0.0588. The van der Waals surface area contributed by atoms with Gasteiger partial charge in [0, 0.05) is 22.3 Å². The molecule has 16 heteroatoms. The van der Waals surface area contributed by atoms with Crippen LogP contribution in [0.15, 0.2) is 121 Å². The molecule has 0 unspecified atom stereocenters. The lowest BCUT2D eigenvalue weighted by molar-refractivity contribution is -0.139. The molecule has 6 aromatic carbocycles. The molecule has 6 aromatic rings. The first-order chi connectivity index (χ1) is 23.5. The Hall–Kier alpha value is -5.16. The standard InChI is InChI=1S/C34H24F6N4O4S2/c35-33(36,37)43-49(45,46)41-31-27(21-11-3-1-4-12-21)19-23-15-7-9-17-25(23)29(31)30-26-18-10-8-16-24(26)20-28(22-13-5-2-6-14-22)32(30)42-50(47,48)44-34(38,39)40/h1-20,41-44H. The van der Waals surface area contributed by atoms with Gasteiger partial charge in [-0.25, -0.2) is 0 Å². The van der Waals surface area contributed by atoms with Crippen molar-refractivity contribution in [2.45, 2.75) is 12.6 Å². The Bertz CT molecular complexity index is 2270. The van der Waals surface area contributed by atoms with E-state index in [0.717, 1.165) is 0 Å². The quantitative estimate of drug-likeness (QED) is 0.0882. The van der Waals surface area contributed by atoms with Crippen molar-refractivity contribution in [3.8, 4) is 33.4 Å². The second kappa shape index (κ2) is 12.9. The van der Waals surface area contributed by atoms with Crippen molar-refractivity contribution in [3.63, 3.8) is 0 Å².